The molecule has 5 nitrogen and oxygen atoms in total. The van der Waals surface area contributed by atoms with Crippen molar-refractivity contribution >= 4 is 6.09 Å². The van der Waals surface area contributed by atoms with Crippen LogP contribution in [-0.2, 0) is 16.1 Å². The number of aliphatic hydroxyl groups excluding tert-OH is 1. The van der Waals surface area contributed by atoms with E-state index in [0.717, 1.165) is 5.56 Å². The minimum absolute atomic E-state index is 0.143. The third-order valence-electron chi connectivity index (χ3n) is 2.22. The fourth-order valence-corrected chi connectivity index (χ4v) is 1.19. The van der Waals surface area contributed by atoms with E-state index in [2.05, 4.69) is 5.32 Å². The lowest BCUT2D eigenvalue weighted by Gasteiger charge is -2.13. The van der Waals surface area contributed by atoms with Gasteiger partial charge < -0.3 is 19.9 Å². The van der Waals surface area contributed by atoms with Crippen molar-refractivity contribution < 1.29 is 19.4 Å². The quantitative estimate of drug-likeness (QED) is 0.774. The van der Waals surface area contributed by atoms with Gasteiger partial charge in [0.1, 0.15) is 6.61 Å². The summed E-state index contributed by atoms with van der Waals surface area (Å²) in [5, 5.41) is 11.3. The topological polar surface area (TPSA) is 67.8 Å². The molecular formula is C12H17NO4. The molecule has 17 heavy (non-hydrogen) atoms. The number of benzene rings is 1. The van der Waals surface area contributed by atoms with Crippen LogP contribution in [0.1, 0.15) is 5.56 Å². The molecule has 0 aliphatic carbocycles. The third-order valence-corrected chi connectivity index (χ3v) is 2.22. The van der Waals surface area contributed by atoms with Crippen molar-refractivity contribution in [3.05, 3.63) is 35.9 Å². The summed E-state index contributed by atoms with van der Waals surface area (Å²) in [6.45, 7) is 0.305. The van der Waals surface area contributed by atoms with E-state index in [9.17, 15) is 4.79 Å². The summed E-state index contributed by atoms with van der Waals surface area (Å²) in [5.74, 6) is 0. The van der Waals surface area contributed by atoms with E-state index >= 15 is 0 Å². The van der Waals surface area contributed by atoms with Crippen LogP contribution in [0, 0.1) is 0 Å². The SMILES string of the molecule is CO[C@@H](CO)CNC(=O)OCc1ccccc1. The fourth-order valence-electron chi connectivity index (χ4n) is 1.19. The van der Waals surface area contributed by atoms with Gasteiger partial charge in [0.15, 0.2) is 0 Å². The Morgan fingerprint density at radius 3 is 2.71 bits per heavy atom. The smallest absolute Gasteiger partial charge is 0.407 e. The second kappa shape index (κ2) is 7.65. The Hall–Kier alpha value is -1.59. The van der Waals surface area contributed by atoms with E-state index in [0.29, 0.717) is 0 Å². The van der Waals surface area contributed by atoms with E-state index in [1.54, 1.807) is 0 Å². The van der Waals surface area contributed by atoms with Gasteiger partial charge in [-0.05, 0) is 5.56 Å². The van der Waals surface area contributed by atoms with Crippen LogP contribution in [0.25, 0.3) is 0 Å². The standard InChI is InChI=1S/C12H17NO4/c1-16-11(8-14)7-13-12(15)17-9-10-5-3-2-4-6-10/h2-6,11,14H,7-9H2,1H3,(H,13,15)/t11-/m1/s1. The van der Waals surface area contributed by atoms with Gasteiger partial charge in [0, 0.05) is 13.7 Å². The second-order valence-corrected chi connectivity index (χ2v) is 3.48. The first-order chi connectivity index (χ1) is 8.26. The Kier molecular flexibility index (Phi) is 6.06. The van der Waals surface area contributed by atoms with E-state index in [1.165, 1.54) is 7.11 Å². The average Bonchev–Trinajstić information content (AvgIpc) is 2.39. The van der Waals surface area contributed by atoms with Crippen molar-refractivity contribution in [3.63, 3.8) is 0 Å². The summed E-state index contributed by atoms with van der Waals surface area (Å²) in [4.78, 5) is 11.3. The van der Waals surface area contributed by atoms with Crippen LogP contribution in [0.4, 0.5) is 4.79 Å². The van der Waals surface area contributed by atoms with Gasteiger partial charge in [0.2, 0.25) is 0 Å². The number of alkyl carbamates (subject to hydrolysis) is 1. The van der Waals surface area contributed by atoms with E-state index in [1.807, 2.05) is 30.3 Å². The lowest BCUT2D eigenvalue weighted by Crippen LogP contribution is -2.35. The molecule has 0 aliphatic heterocycles. The van der Waals surface area contributed by atoms with Crippen molar-refractivity contribution in [2.45, 2.75) is 12.7 Å². The van der Waals surface area contributed by atoms with Crippen LogP contribution in [0.5, 0.6) is 0 Å². The predicted molar refractivity (Wildman–Crippen MR) is 62.5 cm³/mol. The van der Waals surface area contributed by atoms with Crippen LogP contribution < -0.4 is 5.32 Å². The van der Waals surface area contributed by atoms with Gasteiger partial charge in [-0.15, -0.1) is 0 Å². The molecule has 0 fully saturated rings. The normalized spacial score (nSPS) is 11.9. The molecule has 1 amide bonds. The number of rotatable bonds is 6. The van der Waals surface area contributed by atoms with Gasteiger partial charge in [-0.2, -0.15) is 0 Å². The highest BCUT2D eigenvalue weighted by molar-refractivity contribution is 5.67. The molecule has 0 heterocycles. The van der Waals surface area contributed by atoms with E-state index < -0.39 is 12.2 Å². The minimum Gasteiger partial charge on any atom is -0.445 e. The number of ether oxygens (including phenoxy) is 2. The molecule has 5 heteroatoms. The summed E-state index contributed by atoms with van der Waals surface area (Å²) >= 11 is 0. The number of hydrogen-bond donors (Lipinski definition) is 2. The van der Waals surface area contributed by atoms with E-state index in [-0.39, 0.29) is 19.8 Å². The Labute approximate surface area is 100 Å². The number of hydrogen-bond acceptors (Lipinski definition) is 4. The monoisotopic (exact) mass is 239 g/mol. The molecule has 0 saturated heterocycles. The molecule has 0 saturated carbocycles. The second-order valence-electron chi connectivity index (χ2n) is 3.48. The number of nitrogens with one attached hydrogen (secondary N) is 1. The molecule has 0 unspecified atom stereocenters. The molecule has 0 radical (unpaired) electrons. The average molecular weight is 239 g/mol. The first-order valence-corrected chi connectivity index (χ1v) is 5.34. The zero-order chi connectivity index (χ0) is 12.5. The van der Waals surface area contributed by atoms with Gasteiger partial charge in [-0.3, -0.25) is 0 Å². The Morgan fingerprint density at radius 2 is 2.12 bits per heavy atom. The van der Waals surface area contributed by atoms with Crippen molar-refractivity contribution in [2.24, 2.45) is 0 Å². The van der Waals surface area contributed by atoms with Gasteiger partial charge in [-0.25, -0.2) is 4.79 Å². The molecular weight excluding hydrogens is 222 g/mol. The van der Waals surface area contributed by atoms with Crippen LogP contribution in [0.15, 0.2) is 30.3 Å². The highest BCUT2D eigenvalue weighted by Crippen LogP contribution is 2.00. The fraction of sp³-hybridized carbons (Fsp3) is 0.417. The summed E-state index contributed by atoms with van der Waals surface area (Å²) in [6, 6.07) is 9.40. The highest BCUT2D eigenvalue weighted by atomic mass is 16.5. The minimum atomic E-state index is -0.524. The molecule has 1 aromatic carbocycles. The van der Waals surface area contributed by atoms with Gasteiger partial charge in [0.05, 0.1) is 12.7 Å². The number of carbonyl (C=O) groups excluding carboxylic acids is 1. The van der Waals surface area contributed by atoms with Crippen molar-refractivity contribution in [2.75, 3.05) is 20.3 Å². The van der Waals surface area contributed by atoms with Gasteiger partial charge in [-0.1, -0.05) is 30.3 Å². The third kappa shape index (κ3) is 5.33. The molecule has 94 valence electrons. The number of methoxy groups -OCH3 is 1. The van der Waals surface area contributed by atoms with E-state index in [4.69, 9.17) is 14.6 Å². The maximum absolute atomic E-state index is 11.3. The number of aliphatic hydroxyl groups is 1. The first kappa shape index (κ1) is 13.5. The molecule has 0 aromatic heterocycles. The van der Waals surface area contributed by atoms with Gasteiger partial charge >= 0.3 is 6.09 Å². The molecule has 0 aliphatic rings. The lowest BCUT2D eigenvalue weighted by molar-refractivity contribution is 0.0472. The maximum atomic E-state index is 11.3. The number of carbonyl (C=O) groups is 1. The van der Waals surface area contributed by atoms with Crippen molar-refractivity contribution in [1.82, 2.24) is 5.32 Å². The zero-order valence-electron chi connectivity index (χ0n) is 9.76. The van der Waals surface area contributed by atoms with Crippen molar-refractivity contribution in [3.8, 4) is 0 Å². The zero-order valence-corrected chi connectivity index (χ0v) is 9.76. The summed E-state index contributed by atoms with van der Waals surface area (Å²) in [5.41, 5.74) is 0.924. The highest BCUT2D eigenvalue weighted by Gasteiger charge is 2.08. The molecule has 1 aromatic rings. The summed E-state index contributed by atoms with van der Waals surface area (Å²) < 4.78 is 9.87. The maximum Gasteiger partial charge on any atom is 0.407 e. The predicted octanol–water partition coefficient (Wildman–Crippen LogP) is 0.920. The van der Waals surface area contributed by atoms with Crippen LogP contribution in [0.3, 0.4) is 0 Å². The van der Waals surface area contributed by atoms with Crippen molar-refractivity contribution in [1.29, 1.82) is 0 Å². The molecule has 1 atom stereocenters. The lowest BCUT2D eigenvalue weighted by atomic mass is 10.2. The van der Waals surface area contributed by atoms with Gasteiger partial charge in [0.25, 0.3) is 0 Å². The summed E-state index contributed by atoms with van der Waals surface area (Å²) in [6.07, 6.45) is -0.927. The number of amides is 1. The van der Waals surface area contributed by atoms with Crippen LogP contribution >= 0.6 is 0 Å². The molecule has 1 rings (SSSR count). The van der Waals surface area contributed by atoms with Crippen LogP contribution in [-0.4, -0.2) is 37.6 Å². The molecule has 0 spiro atoms. The summed E-state index contributed by atoms with van der Waals surface area (Å²) in [7, 11) is 1.47. The largest absolute Gasteiger partial charge is 0.445 e. The first-order valence-electron chi connectivity index (χ1n) is 5.34. The Bertz CT molecular complexity index is 325. The Balaban J connectivity index is 2.22. The molecule has 0 bridgehead atoms. The molecule has 2 N–H and O–H groups in total. The Morgan fingerprint density at radius 1 is 1.41 bits per heavy atom. The van der Waals surface area contributed by atoms with Crippen LogP contribution in [0.2, 0.25) is 0 Å².